The van der Waals surface area contributed by atoms with Crippen molar-refractivity contribution < 1.29 is 32.6 Å². The first-order valence-electron chi connectivity index (χ1n) is 11.3. The molecule has 0 aliphatic rings. The maximum atomic E-state index is 12.8. The molecule has 0 saturated carbocycles. The number of amides is 1. The third kappa shape index (κ3) is 4.39. The van der Waals surface area contributed by atoms with Crippen LogP contribution >= 0.6 is 0 Å². The number of hydrogen-bond acceptors (Lipinski definition) is 8. The molecule has 2 heterocycles. The monoisotopic (exact) mass is 493 g/mol. The molecular formula is C27H27NO8. The zero-order valence-corrected chi connectivity index (χ0v) is 21.0. The van der Waals surface area contributed by atoms with Crippen LogP contribution in [-0.4, -0.2) is 33.2 Å². The summed E-state index contributed by atoms with van der Waals surface area (Å²) in [5.41, 5.74) is 3.08. The molecule has 0 bridgehead atoms. The van der Waals surface area contributed by atoms with Crippen molar-refractivity contribution in [2.75, 3.05) is 26.6 Å². The Kier molecular flexibility index (Phi) is 6.74. The van der Waals surface area contributed by atoms with Gasteiger partial charge in [0.1, 0.15) is 16.9 Å². The second-order valence-electron chi connectivity index (χ2n) is 8.41. The molecule has 0 spiro atoms. The van der Waals surface area contributed by atoms with Crippen molar-refractivity contribution in [3.63, 3.8) is 0 Å². The van der Waals surface area contributed by atoms with E-state index in [0.29, 0.717) is 28.2 Å². The quantitative estimate of drug-likeness (QED) is 0.287. The minimum Gasteiger partial charge on any atom is -0.493 e. The standard InChI is InChI=1S/C27H27NO8/c1-13-15(3)35-21-12-22-18(9-17(13)21)14(2)16(27(31)36-22)7-8-25(29)28-20-11-24(33-5)23(32-4)10-19(20)26(30)34-6/h9-12H,7-8H2,1-6H3,(H,28,29). The predicted octanol–water partition coefficient (Wildman–Crippen LogP) is 4.84. The van der Waals surface area contributed by atoms with Gasteiger partial charge in [-0.1, -0.05) is 0 Å². The van der Waals surface area contributed by atoms with Crippen molar-refractivity contribution in [2.24, 2.45) is 0 Å². The summed E-state index contributed by atoms with van der Waals surface area (Å²) in [6, 6.07) is 6.59. The molecule has 4 rings (SSSR count). The molecule has 4 aromatic rings. The van der Waals surface area contributed by atoms with E-state index in [1.54, 1.807) is 6.07 Å². The molecule has 188 valence electrons. The van der Waals surface area contributed by atoms with Gasteiger partial charge in [0.15, 0.2) is 11.5 Å². The number of benzene rings is 2. The van der Waals surface area contributed by atoms with Crippen LogP contribution in [0.15, 0.2) is 37.9 Å². The fraction of sp³-hybridized carbons (Fsp3) is 0.296. The van der Waals surface area contributed by atoms with Gasteiger partial charge in [-0.15, -0.1) is 0 Å². The number of carbonyl (C=O) groups is 2. The van der Waals surface area contributed by atoms with E-state index in [1.807, 2.05) is 26.8 Å². The fourth-order valence-corrected chi connectivity index (χ4v) is 4.23. The number of hydrogen-bond donors (Lipinski definition) is 1. The second kappa shape index (κ2) is 9.77. The molecule has 0 aliphatic heterocycles. The van der Waals surface area contributed by atoms with Crippen molar-refractivity contribution >= 4 is 39.5 Å². The normalized spacial score (nSPS) is 11.1. The van der Waals surface area contributed by atoms with Crippen LogP contribution in [0.1, 0.15) is 39.2 Å². The molecule has 36 heavy (non-hydrogen) atoms. The highest BCUT2D eigenvalue weighted by Gasteiger charge is 2.20. The number of nitrogens with one attached hydrogen (secondary N) is 1. The van der Waals surface area contributed by atoms with Gasteiger partial charge >= 0.3 is 11.6 Å². The Labute approximate surface area is 206 Å². The number of carbonyl (C=O) groups excluding carboxylic acids is 2. The first-order chi connectivity index (χ1) is 17.2. The molecule has 9 heteroatoms. The number of fused-ring (bicyclic) bond motifs is 2. The average molecular weight is 494 g/mol. The smallest absolute Gasteiger partial charge is 0.340 e. The number of ether oxygens (including phenoxy) is 3. The van der Waals surface area contributed by atoms with Crippen LogP contribution in [0.5, 0.6) is 11.5 Å². The lowest BCUT2D eigenvalue weighted by Gasteiger charge is -2.15. The number of furan rings is 1. The molecular weight excluding hydrogens is 466 g/mol. The molecule has 2 aromatic carbocycles. The zero-order valence-electron chi connectivity index (χ0n) is 21.0. The van der Waals surface area contributed by atoms with Gasteiger partial charge in [-0.05, 0) is 44.4 Å². The SMILES string of the molecule is COC(=O)c1cc(OC)c(OC)cc1NC(=O)CCc1c(C)c2cc3c(C)c(C)oc3cc2oc1=O. The van der Waals surface area contributed by atoms with Gasteiger partial charge in [-0.3, -0.25) is 4.79 Å². The summed E-state index contributed by atoms with van der Waals surface area (Å²) >= 11 is 0. The van der Waals surface area contributed by atoms with Crippen molar-refractivity contribution in [3.05, 3.63) is 62.7 Å². The van der Waals surface area contributed by atoms with E-state index >= 15 is 0 Å². The van der Waals surface area contributed by atoms with Crippen molar-refractivity contribution in [1.29, 1.82) is 0 Å². The zero-order chi connectivity index (χ0) is 26.1. The second-order valence-corrected chi connectivity index (χ2v) is 8.41. The van der Waals surface area contributed by atoms with Crippen LogP contribution in [0.2, 0.25) is 0 Å². The summed E-state index contributed by atoms with van der Waals surface area (Å²) in [6.07, 6.45) is 0.135. The third-order valence-electron chi connectivity index (χ3n) is 6.39. The summed E-state index contributed by atoms with van der Waals surface area (Å²) in [6.45, 7) is 5.70. The Morgan fingerprint density at radius 2 is 1.50 bits per heavy atom. The Morgan fingerprint density at radius 3 is 2.17 bits per heavy atom. The van der Waals surface area contributed by atoms with Gasteiger partial charge in [0.05, 0.1) is 32.6 Å². The molecule has 0 radical (unpaired) electrons. The molecule has 0 saturated heterocycles. The van der Waals surface area contributed by atoms with E-state index in [-0.39, 0.29) is 24.1 Å². The molecule has 0 aliphatic carbocycles. The highest BCUT2D eigenvalue weighted by Crippen LogP contribution is 2.34. The highest BCUT2D eigenvalue weighted by atomic mass is 16.5. The number of anilines is 1. The van der Waals surface area contributed by atoms with Crippen LogP contribution in [0.25, 0.3) is 21.9 Å². The van der Waals surface area contributed by atoms with E-state index in [4.69, 9.17) is 23.0 Å². The van der Waals surface area contributed by atoms with Gasteiger partial charge in [0, 0.05) is 41.0 Å². The number of aryl methyl sites for hydroxylation is 3. The third-order valence-corrected chi connectivity index (χ3v) is 6.39. The number of rotatable bonds is 7. The van der Waals surface area contributed by atoms with E-state index in [9.17, 15) is 14.4 Å². The summed E-state index contributed by atoms with van der Waals surface area (Å²) in [5.74, 6) is 0.412. The Bertz CT molecular complexity index is 1560. The molecule has 0 atom stereocenters. The maximum Gasteiger partial charge on any atom is 0.340 e. The lowest BCUT2D eigenvalue weighted by Crippen LogP contribution is -2.18. The van der Waals surface area contributed by atoms with Gasteiger partial charge in [0.25, 0.3) is 0 Å². The van der Waals surface area contributed by atoms with Crippen LogP contribution in [0.3, 0.4) is 0 Å². The Balaban J connectivity index is 1.62. The Morgan fingerprint density at radius 1 is 0.861 bits per heavy atom. The van der Waals surface area contributed by atoms with Gasteiger partial charge < -0.3 is 28.4 Å². The highest BCUT2D eigenvalue weighted by molar-refractivity contribution is 6.02. The average Bonchev–Trinajstić information content (AvgIpc) is 3.14. The molecule has 0 unspecified atom stereocenters. The predicted molar refractivity (Wildman–Crippen MR) is 134 cm³/mol. The van der Waals surface area contributed by atoms with Crippen molar-refractivity contribution in [1.82, 2.24) is 0 Å². The minimum absolute atomic E-state index is 0.0157. The fourth-order valence-electron chi connectivity index (χ4n) is 4.23. The van der Waals surface area contributed by atoms with Crippen LogP contribution in [-0.2, 0) is 16.0 Å². The van der Waals surface area contributed by atoms with Crippen LogP contribution in [0, 0.1) is 20.8 Å². The summed E-state index contributed by atoms with van der Waals surface area (Å²) in [7, 11) is 4.13. The van der Waals surface area contributed by atoms with Crippen molar-refractivity contribution in [2.45, 2.75) is 33.6 Å². The Hall–Kier alpha value is -4.27. The molecule has 2 aromatic heterocycles. The molecule has 1 amide bonds. The van der Waals surface area contributed by atoms with Gasteiger partial charge in [-0.25, -0.2) is 9.59 Å². The topological polar surface area (TPSA) is 117 Å². The van der Waals surface area contributed by atoms with E-state index < -0.39 is 17.5 Å². The van der Waals surface area contributed by atoms with Crippen molar-refractivity contribution in [3.8, 4) is 11.5 Å². The van der Waals surface area contributed by atoms with E-state index in [2.05, 4.69) is 5.32 Å². The maximum absolute atomic E-state index is 12.8. The summed E-state index contributed by atoms with van der Waals surface area (Å²) < 4.78 is 26.7. The van der Waals surface area contributed by atoms with Crippen LogP contribution < -0.4 is 20.4 Å². The van der Waals surface area contributed by atoms with Gasteiger partial charge in [0.2, 0.25) is 5.91 Å². The molecule has 9 nitrogen and oxygen atoms in total. The summed E-state index contributed by atoms with van der Waals surface area (Å²) in [5, 5.41) is 4.45. The number of esters is 1. The largest absolute Gasteiger partial charge is 0.493 e. The first-order valence-corrected chi connectivity index (χ1v) is 11.3. The van der Waals surface area contributed by atoms with Gasteiger partial charge in [-0.2, -0.15) is 0 Å². The van der Waals surface area contributed by atoms with E-state index in [1.165, 1.54) is 33.5 Å². The number of methoxy groups -OCH3 is 3. The molecule has 0 fully saturated rings. The minimum atomic E-state index is -0.645. The lowest BCUT2D eigenvalue weighted by molar-refractivity contribution is -0.116. The van der Waals surface area contributed by atoms with E-state index in [0.717, 1.165) is 27.7 Å². The molecule has 1 N–H and O–H groups in total. The summed E-state index contributed by atoms with van der Waals surface area (Å²) in [4.78, 5) is 37.8. The lowest BCUT2D eigenvalue weighted by atomic mass is 10.0. The van der Waals surface area contributed by atoms with Crippen LogP contribution in [0.4, 0.5) is 5.69 Å². The first kappa shape index (κ1) is 24.8.